The van der Waals surface area contributed by atoms with Crippen molar-refractivity contribution in [2.24, 2.45) is 28.6 Å². The number of rotatable bonds is 2. The molecular formula is C22H27NOSe. The van der Waals surface area contributed by atoms with Gasteiger partial charge in [-0.2, -0.15) is 0 Å². The number of allylic oxidation sites excluding steroid dienone is 2. The minimum absolute atomic E-state index is 0.0326. The van der Waals surface area contributed by atoms with Crippen molar-refractivity contribution < 1.29 is 4.79 Å². The molecule has 1 aromatic rings. The van der Waals surface area contributed by atoms with Crippen LogP contribution in [0.3, 0.4) is 0 Å². The molecule has 0 unspecified atom stereocenters. The summed E-state index contributed by atoms with van der Waals surface area (Å²) >= 11 is 0.293. The Morgan fingerprint density at radius 1 is 1.16 bits per heavy atom. The van der Waals surface area contributed by atoms with Crippen molar-refractivity contribution in [1.82, 2.24) is 0 Å². The van der Waals surface area contributed by atoms with E-state index in [1.807, 2.05) is 6.07 Å². The number of hydrogen-bond donors (Lipinski definition) is 0. The zero-order chi connectivity index (χ0) is 18.2. The Hall–Kier alpha value is -1.36. The van der Waals surface area contributed by atoms with Crippen LogP contribution >= 0.6 is 0 Å². The Bertz CT molecular complexity index is 717. The van der Waals surface area contributed by atoms with Gasteiger partial charge in [0.15, 0.2) is 0 Å². The summed E-state index contributed by atoms with van der Waals surface area (Å²) < 4.78 is 1.36. The van der Waals surface area contributed by atoms with Gasteiger partial charge in [-0.1, -0.05) is 0 Å². The van der Waals surface area contributed by atoms with Crippen LogP contribution in [0.1, 0.15) is 40.5 Å². The van der Waals surface area contributed by atoms with Gasteiger partial charge in [0.05, 0.1) is 0 Å². The summed E-state index contributed by atoms with van der Waals surface area (Å²) in [4.78, 5) is 13.9. The Balaban J connectivity index is 1.93. The SMILES string of the molecule is C[C@@H]1C(=O)[C@H]2[C@H](C#N)C(C)(C)C=C[C@@]2(C)CC[C@H]1[Se]c1ccccc1. The van der Waals surface area contributed by atoms with Gasteiger partial charge in [0, 0.05) is 0 Å². The fourth-order valence-electron chi connectivity index (χ4n) is 4.40. The first-order chi connectivity index (χ1) is 11.8. The third-order valence-corrected chi connectivity index (χ3v) is 9.32. The quantitative estimate of drug-likeness (QED) is 0.553. The average Bonchev–Trinajstić information content (AvgIpc) is 2.68. The molecule has 1 saturated carbocycles. The number of fused-ring (bicyclic) bond motifs is 1. The predicted molar refractivity (Wildman–Crippen MR) is 103 cm³/mol. The Morgan fingerprint density at radius 3 is 2.48 bits per heavy atom. The minimum atomic E-state index is -0.237. The predicted octanol–water partition coefficient (Wildman–Crippen LogP) is 4.16. The summed E-state index contributed by atoms with van der Waals surface area (Å²) in [7, 11) is 0. The Kier molecular flexibility index (Phi) is 4.97. The molecule has 2 aliphatic carbocycles. The molecule has 0 bridgehead atoms. The molecule has 132 valence electrons. The molecule has 0 aliphatic heterocycles. The molecule has 0 aromatic heterocycles. The van der Waals surface area contributed by atoms with E-state index in [4.69, 9.17) is 0 Å². The van der Waals surface area contributed by atoms with Crippen LogP contribution in [0.5, 0.6) is 0 Å². The van der Waals surface area contributed by atoms with Crippen LogP contribution in [-0.4, -0.2) is 20.7 Å². The molecular weight excluding hydrogens is 373 g/mol. The van der Waals surface area contributed by atoms with Gasteiger partial charge in [-0.3, -0.25) is 0 Å². The van der Waals surface area contributed by atoms with E-state index in [0.29, 0.717) is 25.6 Å². The van der Waals surface area contributed by atoms with Crippen LogP contribution < -0.4 is 4.46 Å². The standard InChI is InChI=1S/C22H27NOSe/c1-15-18(25-16-8-6-5-7-9-16)10-11-22(4)13-12-21(2,3)17(14-23)19(22)20(15)24/h5-9,12-13,15,17-19H,10-11H2,1-4H3/t15-,17-,18+,19+,22+/m0/s1. The third-order valence-electron chi connectivity index (χ3n) is 6.19. The van der Waals surface area contributed by atoms with Gasteiger partial charge in [-0.15, -0.1) is 0 Å². The molecule has 0 N–H and O–H groups in total. The number of ketones is 1. The maximum atomic E-state index is 13.5. The summed E-state index contributed by atoms with van der Waals surface area (Å²) in [5.74, 6) is -0.0681. The summed E-state index contributed by atoms with van der Waals surface area (Å²) in [5.41, 5.74) is -0.415. The summed E-state index contributed by atoms with van der Waals surface area (Å²) in [5, 5.41) is 9.84. The van der Waals surface area contributed by atoms with Crippen LogP contribution in [0, 0.1) is 39.9 Å². The number of carbonyl (C=O) groups is 1. The molecule has 3 rings (SSSR count). The summed E-state index contributed by atoms with van der Waals surface area (Å²) in [6.45, 7) is 8.47. The number of nitriles is 1. The molecule has 25 heavy (non-hydrogen) atoms. The molecule has 3 heteroatoms. The van der Waals surface area contributed by atoms with E-state index in [0.717, 1.165) is 12.8 Å². The molecule has 1 fully saturated rings. The van der Waals surface area contributed by atoms with E-state index < -0.39 is 0 Å². The number of Topliss-reactive ketones (excluding diaryl/α,β-unsaturated/α-hetero) is 1. The number of benzene rings is 1. The van der Waals surface area contributed by atoms with Crippen LogP contribution in [0.25, 0.3) is 0 Å². The first kappa shape index (κ1) is 18.4. The third kappa shape index (κ3) is 3.35. The van der Waals surface area contributed by atoms with Crippen molar-refractivity contribution in [2.75, 3.05) is 0 Å². The molecule has 5 atom stereocenters. The van der Waals surface area contributed by atoms with Crippen LogP contribution in [-0.2, 0) is 4.79 Å². The van der Waals surface area contributed by atoms with E-state index in [9.17, 15) is 10.1 Å². The van der Waals surface area contributed by atoms with Crippen molar-refractivity contribution in [2.45, 2.75) is 45.4 Å². The van der Waals surface area contributed by atoms with E-state index in [1.54, 1.807) is 0 Å². The second-order valence-corrected chi connectivity index (χ2v) is 11.2. The van der Waals surface area contributed by atoms with Gasteiger partial charge in [-0.05, 0) is 0 Å². The Labute approximate surface area is 157 Å². The normalized spacial score (nSPS) is 37.0. The van der Waals surface area contributed by atoms with Gasteiger partial charge in [-0.25, -0.2) is 0 Å². The van der Waals surface area contributed by atoms with Crippen molar-refractivity contribution in [3.05, 3.63) is 42.5 Å². The number of nitrogens with zero attached hydrogens (tertiary/aromatic N) is 1. The van der Waals surface area contributed by atoms with E-state index in [1.165, 1.54) is 4.46 Å². The number of hydrogen-bond acceptors (Lipinski definition) is 2. The van der Waals surface area contributed by atoms with E-state index in [2.05, 4.69) is 70.2 Å². The van der Waals surface area contributed by atoms with Gasteiger partial charge in [0.2, 0.25) is 0 Å². The van der Waals surface area contributed by atoms with E-state index in [-0.39, 0.29) is 28.6 Å². The van der Waals surface area contributed by atoms with Crippen LogP contribution in [0.4, 0.5) is 0 Å². The molecule has 0 heterocycles. The molecule has 1 aromatic carbocycles. The van der Waals surface area contributed by atoms with Crippen molar-refractivity contribution in [3.8, 4) is 6.07 Å². The molecule has 0 spiro atoms. The molecule has 2 nitrogen and oxygen atoms in total. The van der Waals surface area contributed by atoms with Gasteiger partial charge < -0.3 is 0 Å². The van der Waals surface area contributed by atoms with Gasteiger partial charge in [0.25, 0.3) is 0 Å². The average molecular weight is 400 g/mol. The van der Waals surface area contributed by atoms with Crippen LogP contribution in [0.2, 0.25) is 4.82 Å². The first-order valence-electron chi connectivity index (χ1n) is 9.14. The zero-order valence-electron chi connectivity index (χ0n) is 15.5. The van der Waals surface area contributed by atoms with Crippen LogP contribution in [0.15, 0.2) is 42.5 Å². The molecule has 2 aliphatic rings. The van der Waals surface area contributed by atoms with E-state index >= 15 is 0 Å². The monoisotopic (exact) mass is 401 g/mol. The van der Waals surface area contributed by atoms with Crippen molar-refractivity contribution in [1.29, 1.82) is 5.26 Å². The van der Waals surface area contributed by atoms with Gasteiger partial charge in [0.1, 0.15) is 0 Å². The topological polar surface area (TPSA) is 40.9 Å². The summed E-state index contributed by atoms with van der Waals surface area (Å²) in [6, 6.07) is 13.1. The van der Waals surface area contributed by atoms with Crippen molar-refractivity contribution in [3.63, 3.8) is 0 Å². The van der Waals surface area contributed by atoms with Crippen molar-refractivity contribution >= 4 is 25.2 Å². The maximum absolute atomic E-state index is 13.5. The Morgan fingerprint density at radius 2 is 1.84 bits per heavy atom. The molecule has 0 amide bonds. The fourth-order valence-corrected chi connectivity index (χ4v) is 6.99. The zero-order valence-corrected chi connectivity index (χ0v) is 17.2. The summed E-state index contributed by atoms with van der Waals surface area (Å²) in [6.07, 6.45) is 6.49. The van der Waals surface area contributed by atoms with Gasteiger partial charge >= 0.3 is 158 Å². The first-order valence-corrected chi connectivity index (χ1v) is 11.0. The molecule has 0 radical (unpaired) electrons. The fraction of sp³-hybridized carbons (Fsp3) is 0.545. The molecule has 0 saturated heterocycles. The number of carbonyl (C=O) groups excluding carboxylic acids is 1. The second kappa shape index (κ2) is 6.75. The second-order valence-electron chi connectivity index (χ2n) is 8.44.